The van der Waals surface area contributed by atoms with E-state index in [0.717, 1.165) is 6.42 Å². The molecule has 114 valence electrons. The Hall–Kier alpha value is -1.05. The van der Waals surface area contributed by atoms with Gasteiger partial charge in [0.15, 0.2) is 0 Å². The van der Waals surface area contributed by atoms with Crippen molar-refractivity contribution in [2.24, 2.45) is 40.2 Å². The molecule has 0 aliphatic heterocycles. The van der Waals surface area contributed by atoms with Gasteiger partial charge in [0.05, 0.1) is 0 Å². The average Bonchev–Trinajstić information content (AvgIpc) is 2.70. The van der Waals surface area contributed by atoms with Gasteiger partial charge in [-0.25, -0.2) is 4.39 Å². The Labute approximate surface area is 127 Å². The van der Waals surface area contributed by atoms with E-state index in [-0.39, 0.29) is 16.7 Å². The van der Waals surface area contributed by atoms with Crippen LogP contribution in [0.15, 0.2) is 35.8 Å². The first-order valence-electron chi connectivity index (χ1n) is 8.47. The molecule has 0 saturated heterocycles. The zero-order chi connectivity index (χ0) is 14.8. The van der Waals surface area contributed by atoms with Crippen molar-refractivity contribution in [3.63, 3.8) is 0 Å². The summed E-state index contributed by atoms with van der Waals surface area (Å²) in [5.41, 5.74) is 6.89. The highest BCUT2D eigenvalue weighted by Gasteiger charge is 2.58. The van der Waals surface area contributed by atoms with Crippen molar-refractivity contribution in [2.75, 3.05) is 0 Å². The molecule has 2 saturated carbocycles. The molecule has 4 aliphatic carbocycles. The second kappa shape index (κ2) is 4.24. The number of nitrogens with two attached hydrogens (primary N) is 1. The highest BCUT2D eigenvalue weighted by Crippen LogP contribution is 2.65. The number of allylic oxidation sites excluding steroid dienone is 6. The van der Waals surface area contributed by atoms with Gasteiger partial charge in [0.25, 0.3) is 0 Å². The minimum atomic E-state index is -0.0807. The smallest absolute Gasteiger partial charge is 0.119 e. The van der Waals surface area contributed by atoms with Gasteiger partial charge < -0.3 is 5.73 Å². The lowest BCUT2D eigenvalue weighted by atomic mass is 9.47. The Morgan fingerprint density at radius 1 is 1.14 bits per heavy atom. The monoisotopic (exact) mass is 287 g/mol. The average molecular weight is 287 g/mol. The van der Waals surface area contributed by atoms with Gasteiger partial charge in [-0.05, 0) is 54.8 Å². The molecule has 0 radical (unpaired) electrons. The number of hydrogen-bond acceptors (Lipinski definition) is 1. The quantitative estimate of drug-likeness (QED) is 0.685. The predicted molar refractivity (Wildman–Crippen MR) is 83.9 cm³/mol. The van der Waals surface area contributed by atoms with Crippen LogP contribution in [0.5, 0.6) is 0 Å². The molecule has 0 aromatic rings. The first-order valence-corrected chi connectivity index (χ1v) is 8.47. The maximum Gasteiger partial charge on any atom is 0.119 e. The van der Waals surface area contributed by atoms with Crippen molar-refractivity contribution in [3.05, 3.63) is 35.8 Å². The third-order valence-corrected chi connectivity index (χ3v) is 7.45. The van der Waals surface area contributed by atoms with E-state index in [2.05, 4.69) is 38.2 Å². The van der Waals surface area contributed by atoms with Crippen molar-refractivity contribution in [1.29, 1.82) is 0 Å². The van der Waals surface area contributed by atoms with Gasteiger partial charge in [0.2, 0.25) is 0 Å². The Kier molecular flexibility index (Phi) is 2.75. The lowest BCUT2D eigenvalue weighted by Crippen LogP contribution is -2.51. The molecule has 0 aromatic heterocycles. The summed E-state index contributed by atoms with van der Waals surface area (Å²) in [5.74, 6) is 2.40. The summed E-state index contributed by atoms with van der Waals surface area (Å²) in [6.45, 7) is 4.64. The summed E-state index contributed by atoms with van der Waals surface area (Å²) in [6, 6.07) is 0. The van der Waals surface area contributed by atoms with Crippen LogP contribution < -0.4 is 5.73 Å². The summed E-state index contributed by atoms with van der Waals surface area (Å²) in [4.78, 5) is 0. The SMILES string of the molecule is C[C@]12C=CC=CC1CC[C@@H]1[C@@H]2CC[C@]2(C)C(N)=C(F)C[C@@H]12. The zero-order valence-electron chi connectivity index (χ0n) is 13.1. The standard InChI is InChI=1S/C19H26FN/c1-18-9-4-3-5-12(18)6-7-13-14(18)8-10-19(2)15(13)11-16(20)17(19)21/h3-5,9,12-15H,6-8,10-11,21H2,1-2H3/t12?,13-,14+,15+,18+,19+/m1/s1. The predicted octanol–water partition coefficient (Wildman–Crippen LogP) is 4.72. The Morgan fingerprint density at radius 3 is 2.76 bits per heavy atom. The van der Waals surface area contributed by atoms with Crippen LogP contribution in [0.4, 0.5) is 4.39 Å². The van der Waals surface area contributed by atoms with E-state index in [9.17, 15) is 4.39 Å². The molecule has 0 spiro atoms. The van der Waals surface area contributed by atoms with Crippen LogP contribution in [-0.2, 0) is 0 Å². The highest BCUT2D eigenvalue weighted by atomic mass is 19.1. The molecule has 1 unspecified atom stereocenters. The fraction of sp³-hybridized carbons (Fsp3) is 0.684. The molecule has 0 amide bonds. The van der Waals surface area contributed by atoms with Crippen LogP contribution in [0, 0.1) is 34.5 Å². The number of fused-ring (bicyclic) bond motifs is 5. The summed E-state index contributed by atoms with van der Waals surface area (Å²) >= 11 is 0. The molecule has 2 fully saturated rings. The van der Waals surface area contributed by atoms with Gasteiger partial charge >= 0.3 is 0 Å². The van der Waals surface area contributed by atoms with Crippen molar-refractivity contribution in [2.45, 2.75) is 46.0 Å². The second-order valence-corrected chi connectivity index (χ2v) is 8.15. The van der Waals surface area contributed by atoms with E-state index in [4.69, 9.17) is 5.73 Å². The lowest BCUT2D eigenvalue weighted by molar-refractivity contribution is -0.0482. The van der Waals surface area contributed by atoms with Crippen LogP contribution in [-0.4, -0.2) is 0 Å². The Morgan fingerprint density at radius 2 is 1.95 bits per heavy atom. The van der Waals surface area contributed by atoms with Crippen molar-refractivity contribution < 1.29 is 4.39 Å². The molecule has 21 heavy (non-hydrogen) atoms. The normalized spacial score (nSPS) is 51.6. The zero-order valence-corrected chi connectivity index (χ0v) is 13.1. The number of hydrogen-bond donors (Lipinski definition) is 1. The van der Waals surface area contributed by atoms with Gasteiger partial charge in [-0.15, -0.1) is 0 Å². The van der Waals surface area contributed by atoms with Crippen LogP contribution in [0.2, 0.25) is 0 Å². The number of rotatable bonds is 0. The molecule has 4 rings (SSSR count). The van der Waals surface area contributed by atoms with Crippen LogP contribution >= 0.6 is 0 Å². The van der Waals surface area contributed by atoms with E-state index in [1.54, 1.807) is 0 Å². The van der Waals surface area contributed by atoms with E-state index < -0.39 is 0 Å². The molecule has 6 atom stereocenters. The van der Waals surface area contributed by atoms with E-state index in [0.29, 0.717) is 35.8 Å². The summed E-state index contributed by atoms with van der Waals surface area (Å²) in [7, 11) is 0. The molecule has 2 N–H and O–H groups in total. The fourth-order valence-electron chi connectivity index (χ4n) is 6.08. The van der Waals surface area contributed by atoms with Crippen LogP contribution in [0.3, 0.4) is 0 Å². The van der Waals surface area contributed by atoms with Gasteiger partial charge in [-0.3, -0.25) is 0 Å². The third-order valence-electron chi connectivity index (χ3n) is 7.45. The summed E-state index contributed by atoms with van der Waals surface area (Å²) < 4.78 is 14.2. The van der Waals surface area contributed by atoms with Gasteiger partial charge in [0, 0.05) is 17.5 Å². The maximum atomic E-state index is 14.2. The maximum absolute atomic E-state index is 14.2. The lowest BCUT2D eigenvalue weighted by Gasteiger charge is -2.57. The largest absolute Gasteiger partial charge is 0.400 e. The minimum Gasteiger partial charge on any atom is -0.400 e. The van der Waals surface area contributed by atoms with E-state index in [1.807, 2.05) is 0 Å². The molecular weight excluding hydrogens is 261 g/mol. The van der Waals surface area contributed by atoms with E-state index >= 15 is 0 Å². The summed E-state index contributed by atoms with van der Waals surface area (Å²) in [5, 5.41) is 0. The fourth-order valence-corrected chi connectivity index (χ4v) is 6.08. The van der Waals surface area contributed by atoms with Crippen molar-refractivity contribution in [3.8, 4) is 0 Å². The second-order valence-electron chi connectivity index (χ2n) is 8.15. The molecule has 0 bridgehead atoms. The molecule has 1 nitrogen and oxygen atoms in total. The minimum absolute atomic E-state index is 0.0190. The first-order chi connectivity index (χ1) is 9.97. The van der Waals surface area contributed by atoms with Gasteiger partial charge in [-0.2, -0.15) is 0 Å². The number of halogens is 1. The van der Waals surface area contributed by atoms with Crippen molar-refractivity contribution >= 4 is 0 Å². The van der Waals surface area contributed by atoms with Crippen molar-refractivity contribution in [1.82, 2.24) is 0 Å². The Balaban J connectivity index is 1.70. The molecule has 0 heterocycles. The van der Waals surface area contributed by atoms with Gasteiger partial charge in [0.1, 0.15) is 5.83 Å². The molecule has 4 aliphatic rings. The van der Waals surface area contributed by atoms with Gasteiger partial charge in [-0.1, -0.05) is 38.2 Å². The van der Waals surface area contributed by atoms with E-state index in [1.165, 1.54) is 19.3 Å². The van der Waals surface area contributed by atoms with Crippen LogP contribution in [0.25, 0.3) is 0 Å². The molecule has 2 heteroatoms. The third kappa shape index (κ3) is 1.62. The highest BCUT2D eigenvalue weighted by molar-refractivity contribution is 5.29. The van der Waals surface area contributed by atoms with Crippen LogP contribution in [0.1, 0.15) is 46.0 Å². The topological polar surface area (TPSA) is 26.0 Å². The summed E-state index contributed by atoms with van der Waals surface area (Å²) in [6.07, 6.45) is 14.6. The molecular formula is C19H26FN. The molecule has 0 aromatic carbocycles. The Bertz CT molecular complexity index is 560. The first kappa shape index (κ1) is 13.6.